The zero-order chi connectivity index (χ0) is 13.8. The molecule has 0 amide bonds. The van der Waals surface area contributed by atoms with Gasteiger partial charge in [-0.2, -0.15) is 4.98 Å². The van der Waals surface area contributed by atoms with E-state index in [-0.39, 0.29) is 0 Å². The molecule has 0 saturated carbocycles. The maximum atomic E-state index is 5.95. The minimum Gasteiger partial charge on any atom is -0.368 e. The van der Waals surface area contributed by atoms with Gasteiger partial charge in [0.1, 0.15) is 0 Å². The standard InChI is InChI=1S/C15H21N5/c16-14-17-15(19-10-4-5-11-19)18-20(14)12-6-9-13-7-2-1-3-8-13/h1-3,7-8H,4-6,9-12H2,(H2,16,17,18). The van der Waals surface area contributed by atoms with Gasteiger partial charge in [0.05, 0.1) is 0 Å². The van der Waals surface area contributed by atoms with Crippen LogP contribution in [-0.2, 0) is 13.0 Å². The van der Waals surface area contributed by atoms with Crippen molar-refractivity contribution in [2.75, 3.05) is 23.7 Å². The third-order valence-electron chi connectivity index (χ3n) is 3.76. The molecule has 0 radical (unpaired) electrons. The molecule has 5 heteroatoms. The molecule has 0 spiro atoms. The molecule has 1 fully saturated rings. The lowest BCUT2D eigenvalue weighted by Crippen LogP contribution is -2.19. The van der Waals surface area contributed by atoms with E-state index in [1.54, 1.807) is 0 Å². The predicted octanol–water partition coefficient (Wildman–Crippen LogP) is 2.09. The van der Waals surface area contributed by atoms with Crippen LogP contribution in [0.3, 0.4) is 0 Å². The van der Waals surface area contributed by atoms with Crippen molar-refractivity contribution in [2.24, 2.45) is 0 Å². The van der Waals surface area contributed by atoms with Crippen LogP contribution in [0.5, 0.6) is 0 Å². The molecule has 2 heterocycles. The van der Waals surface area contributed by atoms with Gasteiger partial charge in [-0.1, -0.05) is 30.3 Å². The Labute approximate surface area is 119 Å². The van der Waals surface area contributed by atoms with Gasteiger partial charge in [-0.3, -0.25) is 0 Å². The molecule has 106 valence electrons. The summed E-state index contributed by atoms with van der Waals surface area (Å²) in [7, 11) is 0. The van der Waals surface area contributed by atoms with Crippen LogP contribution in [0.15, 0.2) is 30.3 Å². The highest BCUT2D eigenvalue weighted by Gasteiger charge is 2.17. The number of rotatable bonds is 5. The second-order valence-corrected chi connectivity index (χ2v) is 5.28. The second kappa shape index (κ2) is 5.94. The minimum atomic E-state index is 0.528. The first-order valence-corrected chi connectivity index (χ1v) is 7.32. The number of nitrogens with zero attached hydrogens (tertiary/aromatic N) is 4. The molecule has 1 aliphatic rings. The summed E-state index contributed by atoms with van der Waals surface area (Å²) in [5.41, 5.74) is 7.30. The topological polar surface area (TPSA) is 60.0 Å². The monoisotopic (exact) mass is 271 g/mol. The Morgan fingerprint density at radius 2 is 1.85 bits per heavy atom. The summed E-state index contributed by atoms with van der Waals surface area (Å²) < 4.78 is 1.83. The minimum absolute atomic E-state index is 0.528. The van der Waals surface area contributed by atoms with Crippen molar-refractivity contribution >= 4 is 11.9 Å². The van der Waals surface area contributed by atoms with Crippen LogP contribution in [0.2, 0.25) is 0 Å². The van der Waals surface area contributed by atoms with Gasteiger partial charge in [-0.15, -0.1) is 5.10 Å². The van der Waals surface area contributed by atoms with Gasteiger partial charge in [0.15, 0.2) is 0 Å². The number of hydrogen-bond acceptors (Lipinski definition) is 4. The first kappa shape index (κ1) is 13.0. The van der Waals surface area contributed by atoms with Crippen molar-refractivity contribution in [3.63, 3.8) is 0 Å². The van der Waals surface area contributed by atoms with E-state index in [0.29, 0.717) is 5.95 Å². The van der Waals surface area contributed by atoms with Crippen molar-refractivity contribution in [1.82, 2.24) is 14.8 Å². The summed E-state index contributed by atoms with van der Waals surface area (Å²) >= 11 is 0. The molecule has 1 aromatic heterocycles. The van der Waals surface area contributed by atoms with E-state index in [2.05, 4.69) is 39.2 Å². The summed E-state index contributed by atoms with van der Waals surface area (Å²) in [4.78, 5) is 6.59. The number of nitrogens with two attached hydrogens (primary N) is 1. The van der Waals surface area contributed by atoms with Crippen LogP contribution in [0.4, 0.5) is 11.9 Å². The van der Waals surface area contributed by atoms with Crippen LogP contribution < -0.4 is 10.6 Å². The zero-order valence-corrected chi connectivity index (χ0v) is 11.7. The third kappa shape index (κ3) is 2.92. The largest absolute Gasteiger partial charge is 0.368 e. The van der Waals surface area contributed by atoms with Crippen molar-refractivity contribution < 1.29 is 0 Å². The quantitative estimate of drug-likeness (QED) is 0.904. The normalized spacial score (nSPS) is 14.9. The number of anilines is 2. The van der Waals surface area contributed by atoms with Gasteiger partial charge in [-0.25, -0.2) is 4.68 Å². The molecular weight excluding hydrogens is 250 g/mol. The summed E-state index contributed by atoms with van der Waals surface area (Å²) in [6, 6.07) is 10.5. The van der Waals surface area contributed by atoms with E-state index in [4.69, 9.17) is 5.73 Å². The van der Waals surface area contributed by atoms with E-state index in [1.807, 2.05) is 10.7 Å². The summed E-state index contributed by atoms with van der Waals surface area (Å²) in [6.07, 6.45) is 4.51. The second-order valence-electron chi connectivity index (χ2n) is 5.28. The number of aryl methyl sites for hydroxylation is 2. The smallest absolute Gasteiger partial charge is 0.246 e. The van der Waals surface area contributed by atoms with Crippen molar-refractivity contribution in [1.29, 1.82) is 0 Å². The molecule has 20 heavy (non-hydrogen) atoms. The molecule has 2 N–H and O–H groups in total. The fourth-order valence-corrected chi connectivity index (χ4v) is 2.63. The van der Waals surface area contributed by atoms with Gasteiger partial charge in [0, 0.05) is 19.6 Å². The van der Waals surface area contributed by atoms with Gasteiger partial charge in [0.2, 0.25) is 11.9 Å². The molecule has 1 aliphatic heterocycles. The molecule has 2 aromatic rings. The highest BCUT2D eigenvalue weighted by molar-refractivity contribution is 5.35. The van der Waals surface area contributed by atoms with Crippen LogP contribution >= 0.6 is 0 Å². The Morgan fingerprint density at radius 3 is 2.60 bits per heavy atom. The number of nitrogen functional groups attached to an aromatic ring is 1. The van der Waals surface area contributed by atoms with Crippen LogP contribution in [0.1, 0.15) is 24.8 Å². The SMILES string of the molecule is Nc1nc(N2CCCC2)nn1CCCc1ccccc1. The van der Waals surface area contributed by atoms with E-state index >= 15 is 0 Å². The van der Waals surface area contributed by atoms with Gasteiger partial charge in [-0.05, 0) is 31.2 Å². The van der Waals surface area contributed by atoms with Crippen LogP contribution in [-0.4, -0.2) is 27.9 Å². The lowest BCUT2D eigenvalue weighted by molar-refractivity contribution is 0.584. The lowest BCUT2D eigenvalue weighted by Gasteiger charge is -2.10. The van der Waals surface area contributed by atoms with E-state index in [9.17, 15) is 0 Å². The third-order valence-corrected chi connectivity index (χ3v) is 3.76. The number of benzene rings is 1. The average molecular weight is 271 g/mol. The molecule has 5 nitrogen and oxygen atoms in total. The van der Waals surface area contributed by atoms with E-state index in [0.717, 1.165) is 38.4 Å². The van der Waals surface area contributed by atoms with Crippen molar-refractivity contribution in [2.45, 2.75) is 32.2 Å². The molecular formula is C15H21N5. The summed E-state index contributed by atoms with van der Waals surface area (Å²) in [5, 5.41) is 4.53. The fourth-order valence-electron chi connectivity index (χ4n) is 2.63. The van der Waals surface area contributed by atoms with Crippen molar-refractivity contribution in [3.8, 4) is 0 Å². The molecule has 1 aromatic carbocycles. The van der Waals surface area contributed by atoms with Gasteiger partial charge in [0.25, 0.3) is 0 Å². The van der Waals surface area contributed by atoms with Gasteiger partial charge >= 0.3 is 0 Å². The highest BCUT2D eigenvalue weighted by atomic mass is 15.4. The highest BCUT2D eigenvalue weighted by Crippen LogP contribution is 2.17. The summed E-state index contributed by atoms with van der Waals surface area (Å²) in [6.45, 7) is 2.92. The molecule has 0 unspecified atom stereocenters. The van der Waals surface area contributed by atoms with Crippen molar-refractivity contribution in [3.05, 3.63) is 35.9 Å². The molecule has 3 rings (SSSR count). The Morgan fingerprint density at radius 1 is 1.10 bits per heavy atom. The maximum absolute atomic E-state index is 5.95. The van der Waals surface area contributed by atoms with E-state index < -0.39 is 0 Å². The first-order chi connectivity index (χ1) is 9.83. The molecule has 1 saturated heterocycles. The Bertz CT molecular complexity index is 543. The molecule has 0 atom stereocenters. The summed E-state index contributed by atoms with van der Waals surface area (Å²) in [5.74, 6) is 1.32. The predicted molar refractivity (Wildman–Crippen MR) is 80.6 cm³/mol. The van der Waals surface area contributed by atoms with Crippen LogP contribution in [0.25, 0.3) is 0 Å². The molecule has 0 aliphatic carbocycles. The molecule has 0 bridgehead atoms. The maximum Gasteiger partial charge on any atom is 0.246 e. The first-order valence-electron chi connectivity index (χ1n) is 7.32. The number of aromatic nitrogens is 3. The Hall–Kier alpha value is -2.04. The van der Waals surface area contributed by atoms with Crippen LogP contribution in [0, 0.1) is 0 Å². The Balaban J connectivity index is 1.57. The fraction of sp³-hybridized carbons (Fsp3) is 0.467. The zero-order valence-electron chi connectivity index (χ0n) is 11.7. The number of hydrogen-bond donors (Lipinski definition) is 1. The Kier molecular flexibility index (Phi) is 3.85. The average Bonchev–Trinajstić information content (AvgIpc) is 3.10. The lowest BCUT2D eigenvalue weighted by atomic mass is 10.1. The van der Waals surface area contributed by atoms with Gasteiger partial charge < -0.3 is 10.6 Å². The van der Waals surface area contributed by atoms with E-state index in [1.165, 1.54) is 18.4 Å².